The topological polar surface area (TPSA) is 70.4 Å². The van der Waals surface area contributed by atoms with Crippen molar-refractivity contribution < 1.29 is 18.7 Å². The number of hydrogen-bond donors (Lipinski definition) is 0. The predicted molar refractivity (Wildman–Crippen MR) is 108 cm³/mol. The zero-order valence-electron chi connectivity index (χ0n) is 16.5. The third-order valence-corrected chi connectivity index (χ3v) is 4.62. The van der Waals surface area contributed by atoms with Gasteiger partial charge in [0.25, 0.3) is 5.56 Å². The molecule has 0 saturated heterocycles. The molecule has 0 aliphatic rings. The lowest BCUT2D eigenvalue weighted by Crippen LogP contribution is -2.26. The summed E-state index contributed by atoms with van der Waals surface area (Å²) in [5.41, 5.74) is 0.327. The normalized spacial score (nSPS) is 10.9. The van der Waals surface area contributed by atoms with Crippen LogP contribution in [0.2, 0.25) is 0 Å². The number of carbonyl (C=O) groups excluding carboxylic acids is 1. The smallest absolute Gasteiger partial charge is 0.359 e. The fourth-order valence-corrected chi connectivity index (χ4v) is 3.07. The van der Waals surface area contributed by atoms with Gasteiger partial charge < -0.3 is 9.47 Å². The van der Waals surface area contributed by atoms with Crippen molar-refractivity contribution in [3.8, 4) is 5.75 Å². The minimum atomic E-state index is -0.665. The number of halogens is 1. The van der Waals surface area contributed by atoms with E-state index in [4.69, 9.17) is 9.47 Å². The number of rotatable bonds is 8. The molecule has 6 nitrogen and oxygen atoms in total. The molecular weight excluding hydrogens is 375 g/mol. The van der Waals surface area contributed by atoms with E-state index in [0.29, 0.717) is 22.9 Å². The van der Waals surface area contributed by atoms with Gasteiger partial charge in [0.15, 0.2) is 17.3 Å². The van der Waals surface area contributed by atoms with E-state index in [-0.39, 0.29) is 23.6 Å². The van der Waals surface area contributed by atoms with E-state index in [1.807, 2.05) is 0 Å². The van der Waals surface area contributed by atoms with Crippen LogP contribution in [-0.2, 0) is 17.9 Å². The summed E-state index contributed by atoms with van der Waals surface area (Å²) < 4.78 is 25.4. The first kappa shape index (κ1) is 20.5. The molecule has 0 N–H and O–H groups in total. The van der Waals surface area contributed by atoms with E-state index in [1.54, 1.807) is 30.3 Å². The molecule has 3 rings (SSSR count). The Morgan fingerprint density at radius 1 is 1.14 bits per heavy atom. The van der Waals surface area contributed by atoms with Crippen LogP contribution in [0.1, 0.15) is 42.2 Å². The van der Waals surface area contributed by atoms with Crippen molar-refractivity contribution in [2.24, 2.45) is 0 Å². The van der Waals surface area contributed by atoms with Crippen molar-refractivity contribution in [3.63, 3.8) is 0 Å². The van der Waals surface area contributed by atoms with E-state index in [2.05, 4.69) is 12.0 Å². The number of unbranched alkanes of at least 4 members (excludes halogenated alkanes) is 2. The first-order valence-corrected chi connectivity index (χ1v) is 9.54. The largest absolute Gasteiger partial charge is 0.494 e. The number of aryl methyl sites for hydroxylation is 1. The van der Waals surface area contributed by atoms with Crippen LogP contribution in [0.4, 0.5) is 4.39 Å². The molecule has 0 amide bonds. The molecule has 0 radical (unpaired) electrons. The van der Waals surface area contributed by atoms with Gasteiger partial charge in [0.2, 0.25) is 0 Å². The lowest BCUT2D eigenvalue weighted by molar-refractivity contribution is 0.0464. The van der Waals surface area contributed by atoms with Crippen molar-refractivity contribution in [2.75, 3.05) is 7.11 Å². The number of ether oxygens (including phenoxy) is 2. The first-order valence-electron chi connectivity index (χ1n) is 9.54. The Labute approximate surface area is 167 Å². The Morgan fingerprint density at radius 3 is 2.59 bits per heavy atom. The average molecular weight is 398 g/mol. The van der Waals surface area contributed by atoms with Crippen LogP contribution in [0, 0.1) is 5.82 Å². The van der Waals surface area contributed by atoms with Crippen molar-refractivity contribution in [2.45, 2.75) is 39.3 Å². The molecule has 3 aromatic rings. The Balaban J connectivity index is 1.87. The van der Waals surface area contributed by atoms with E-state index in [1.165, 1.54) is 23.9 Å². The number of nitrogens with zero attached hydrogens (tertiary/aromatic N) is 2. The lowest BCUT2D eigenvalue weighted by Gasteiger charge is -2.11. The Bertz CT molecular complexity index is 1080. The van der Waals surface area contributed by atoms with Crippen LogP contribution in [-0.4, -0.2) is 22.9 Å². The molecule has 0 spiro atoms. The van der Waals surface area contributed by atoms with Crippen molar-refractivity contribution in [1.29, 1.82) is 0 Å². The molecule has 0 bridgehead atoms. The first-order chi connectivity index (χ1) is 14.0. The average Bonchev–Trinajstić information content (AvgIpc) is 2.74. The Hall–Kier alpha value is -3.22. The minimum Gasteiger partial charge on any atom is -0.494 e. The quantitative estimate of drug-likeness (QED) is 0.422. The van der Waals surface area contributed by atoms with Gasteiger partial charge in [0.05, 0.1) is 12.5 Å². The maximum Gasteiger partial charge on any atom is 0.359 e. The summed E-state index contributed by atoms with van der Waals surface area (Å²) >= 11 is 0. The molecule has 0 saturated carbocycles. The zero-order valence-corrected chi connectivity index (χ0v) is 16.5. The molecule has 1 heterocycles. The molecule has 0 atom stereocenters. The number of esters is 1. The number of carbonyl (C=O) groups is 1. The molecule has 2 aromatic carbocycles. The van der Waals surface area contributed by atoms with Crippen LogP contribution in [0.15, 0.2) is 47.3 Å². The Kier molecular flexibility index (Phi) is 6.59. The van der Waals surface area contributed by atoms with Crippen LogP contribution >= 0.6 is 0 Å². The van der Waals surface area contributed by atoms with E-state index < -0.39 is 11.8 Å². The molecule has 0 unspecified atom stereocenters. The molecule has 0 aliphatic carbocycles. The van der Waals surface area contributed by atoms with Crippen LogP contribution in [0.25, 0.3) is 10.8 Å². The van der Waals surface area contributed by atoms with Gasteiger partial charge in [-0.25, -0.2) is 13.9 Å². The van der Waals surface area contributed by atoms with Gasteiger partial charge in [-0.05, 0) is 30.2 Å². The SMILES string of the molecule is CCCCCn1nc(C(=O)OCc2ccc(OC)c(F)c2)c2ccccc2c1=O. The number of fused-ring (bicyclic) bond motifs is 1. The van der Waals surface area contributed by atoms with Crippen molar-refractivity contribution in [3.05, 3.63) is 69.9 Å². The molecule has 152 valence electrons. The van der Waals surface area contributed by atoms with E-state index in [9.17, 15) is 14.0 Å². The molecule has 0 aliphatic heterocycles. The number of hydrogen-bond acceptors (Lipinski definition) is 5. The van der Waals surface area contributed by atoms with Gasteiger partial charge in [-0.2, -0.15) is 5.10 Å². The van der Waals surface area contributed by atoms with Gasteiger partial charge in [0, 0.05) is 11.9 Å². The molecule has 0 fully saturated rings. The summed E-state index contributed by atoms with van der Waals surface area (Å²) in [6, 6.07) is 11.2. The van der Waals surface area contributed by atoms with Gasteiger partial charge in [-0.3, -0.25) is 4.79 Å². The summed E-state index contributed by atoms with van der Waals surface area (Å²) in [5, 5.41) is 5.12. The fraction of sp³-hybridized carbons (Fsp3) is 0.318. The second-order valence-corrected chi connectivity index (χ2v) is 6.67. The number of methoxy groups -OCH3 is 1. The third kappa shape index (κ3) is 4.62. The van der Waals surface area contributed by atoms with Gasteiger partial charge >= 0.3 is 5.97 Å². The second kappa shape index (κ2) is 9.32. The maximum atomic E-state index is 13.8. The summed E-state index contributed by atoms with van der Waals surface area (Å²) in [4.78, 5) is 25.4. The van der Waals surface area contributed by atoms with Crippen LogP contribution in [0.3, 0.4) is 0 Å². The van der Waals surface area contributed by atoms with Crippen LogP contribution in [0.5, 0.6) is 5.75 Å². The standard InChI is InChI=1S/C22H23FN2O4/c1-3-4-7-12-25-21(26)17-9-6-5-8-16(17)20(24-25)22(27)29-14-15-10-11-19(28-2)18(23)13-15/h5-6,8-11,13H,3-4,7,12,14H2,1-2H3. The monoisotopic (exact) mass is 398 g/mol. The maximum absolute atomic E-state index is 13.8. The van der Waals surface area contributed by atoms with E-state index in [0.717, 1.165) is 19.3 Å². The summed E-state index contributed by atoms with van der Waals surface area (Å²) in [5.74, 6) is -1.08. The highest BCUT2D eigenvalue weighted by atomic mass is 19.1. The summed E-state index contributed by atoms with van der Waals surface area (Å²) in [6.45, 7) is 2.38. The third-order valence-electron chi connectivity index (χ3n) is 4.62. The van der Waals surface area contributed by atoms with Crippen molar-refractivity contribution in [1.82, 2.24) is 9.78 Å². The lowest BCUT2D eigenvalue weighted by atomic mass is 10.1. The highest BCUT2D eigenvalue weighted by Gasteiger charge is 2.18. The molecular formula is C22H23FN2O4. The minimum absolute atomic E-state index is 0.0747. The van der Waals surface area contributed by atoms with Crippen LogP contribution < -0.4 is 10.3 Å². The fourth-order valence-electron chi connectivity index (χ4n) is 3.07. The molecule has 29 heavy (non-hydrogen) atoms. The van der Waals surface area contributed by atoms with Gasteiger partial charge in [0.1, 0.15) is 6.61 Å². The summed E-state index contributed by atoms with van der Waals surface area (Å²) in [7, 11) is 1.38. The molecule has 1 aromatic heterocycles. The number of benzene rings is 2. The van der Waals surface area contributed by atoms with E-state index >= 15 is 0 Å². The van der Waals surface area contributed by atoms with Gasteiger partial charge in [-0.1, -0.05) is 44.0 Å². The zero-order chi connectivity index (χ0) is 20.8. The van der Waals surface area contributed by atoms with Crippen molar-refractivity contribution >= 4 is 16.7 Å². The highest BCUT2D eigenvalue weighted by molar-refractivity contribution is 6.02. The summed E-state index contributed by atoms with van der Waals surface area (Å²) in [6.07, 6.45) is 2.76. The molecule has 7 heteroatoms. The Morgan fingerprint density at radius 2 is 1.90 bits per heavy atom. The predicted octanol–water partition coefficient (Wildman–Crippen LogP) is 4.09. The second-order valence-electron chi connectivity index (χ2n) is 6.67. The highest BCUT2D eigenvalue weighted by Crippen LogP contribution is 2.19. The van der Waals surface area contributed by atoms with Gasteiger partial charge in [-0.15, -0.1) is 0 Å². The number of aromatic nitrogens is 2.